The predicted molar refractivity (Wildman–Crippen MR) is 100 cm³/mol. The largest absolute Gasteiger partial charge is 0.380 e. The van der Waals surface area contributed by atoms with Crippen molar-refractivity contribution in [1.29, 1.82) is 0 Å². The average molecular weight is 361 g/mol. The number of carbonyl (C=O) groups excluding carboxylic acids is 2. The van der Waals surface area contributed by atoms with Crippen molar-refractivity contribution < 1.29 is 14.7 Å². The van der Waals surface area contributed by atoms with Gasteiger partial charge < -0.3 is 5.11 Å². The third kappa shape index (κ3) is 2.04. The Kier molecular flexibility index (Phi) is 3.73. The zero-order chi connectivity index (χ0) is 18.2. The van der Waals surface area contributed by atoms with Gasteiger partial charge in [-0.05, 0) is 67.9 Å². The summed E-state index contributed by atoms with van der Waals surface area (Å²) in [6.45, 7) is 6.39. The fraction of sp³-hybridized carbons (Fsp3) is 0.714. The lowest BCUT2D eigenvalue weighted by Gasteiger charge is -2.57. The highest BCUT2D eigenvalue weighted by atomic mass is 32.1. The number of fused-ring (bicyclic) bond motifs is 5. The van der Waals surface area contributed by atoms with E-state index in [1.54, 1.807) is 6.08 Å². The Balaban J connectivity index is 1.74. The van der Waals surface area contributed by atoms with Crippen molar-refractivity contribution in [3.63, 3.8) is 0 Å². The molecule has 0 radical (unpaired) electrons. The predicted octanol–water partition coefficient (Wildman–Crippen LogP) is 3.73. The molecule has 4 aliphatic rings. The maximum Gasteiger partial charge on any atom is 0.218 e. The van der Waals surface area contributed by atoms with Gasteiger partial charge in [-0.2, -0.15) is 0 Å². The number of aliphatic hydroxyl groups is 1. The molecule has 4 rings (SSSR count). The molecule has 0 bridgehead atoms. The van der Waals surface area contributed by atoms with Gasteiger partial charge in [0.2, 0.25) is 5.12 Å². The molecule has 3 saturated carbocycles. The van der Waals surface area contributed by atoms with Crippen LogP contribution in [0.3, 0.4) is 0 Å². The monoisotopic (exact) mass is 360 g/mol. The van der Waals surface area contributed by atoms with Crippen LogP contribution in [0.5, 0.6) is 0 Å². The highest BCUT2D eigenvalue weighted by Crippen LogP contribution is 2.68. The molecule has 7 atom stereocenters. The van der Waals surface area contributed by atoms with Gasteiger partial charge in [0.05, 0.1) is 0 Å². The van der Waals surface area contributed by atoms with E-state index in [9.17, 15) is 14.7 Å². The molecule has 3 nitrogen and oxygen atoms in total. The van der Waals surface area contributed by atoms with E-state index in [-0.39, 0.29) is 22.2 Å². The van der Waals surface area contributed by atoms with E-state index in [4.69, 9.17) is 0 Å². The van der Waals surface area contributed by atoms with Crippen LogP contribution in [0.4, 0.5) is 0 Å². The van der Waals surface area contributed by atoms with E-state index >= 15 is 0 Å². The molecule has 3 fully saturated rings. The molecule has 0 aromatic carbocycles. The quantitative estimate of drug-likeness (QED) is 0.701. The van der Waals surface area contributed by atoms with Crippen LogP contribution in [0.15, 0.2) is 23.8 Å². The van der Waals surface area contributed by atoms with E-state index in [1.807, 2.05) is 13.0 Å². The topological polar surface area (TPSA) is 54.4 Å². The zero-order valence-electron chi connectivity index (χ0n) is 15.3. The average Bonchev–Trinajstić information content (AvgIpc) is 2.77. The van der Waals surface area contributed by atoms with Crippen molar-refractivity contribution >= 4 is 23.5 Å². The highest BCUT2D eigenvalue weighted by molar-refractivity contribution is 7.96. The summed E-state index contributed by atoms with van der Waals surface area (Å²) in [4.78, 5) is 24.1. The fourth-order valence-electron chi connectivity index (χ4n) is 7.00. The second-order valence-electron chi connectivity index (χ2n) is 9.27. The number of allylic oxidation sites excluding steroid dienone is 4. The molecule has 0 spiro atoms. The molecule has 5 unspecified atom stereocenters. The first-order chi connectivity index (χ1) is 11.6. The third-order valence-electron chi connectivity index (χ3n) is 8.46. The van der Waals surface area contributed by atoms with Crippen LogP contribution in [0, 0.1) is 34.5 Å². The van der Waals surface area contributed by atoms with Crippen LogP contribution in [0.1, 0.15) is 52.9 Å². The smallest absolute Gasteiger partial charge is 0.218 e. The van der Waals surface area contributed by atoms with Gasteiger partial charge in [0.1, 0.15) is 5.60 Å². The Labute approximate surface area is 155 Å². The summed E-state index contributed by atoms with van der Waals surface area (Å²) in [6.07, 6.45) is 10.4. The first-order valence-electron chi connectivity index (χ1n) is 9.54. The molecular formula is C21H28O3S. The van der Waals surface area contributed by atoms with Crippen LogP contribution in [0.25, 0.3) is 0 Å². The van der Waals surface area contributed by atoms with Crippen molar-refractivity contribution in [2.24, 2.45) is 34.5 Å². The van der Waals surface area contributed by atoms with Crippen molar-refractivity contribution in [2.45, 2.75) is 58.5 Å². The summed E-state index contributed by atoms with van der Waals surface area (Å²) >= 11 is 4.08. The van der Waals surface area contributed by atoms with Crippen LogP contribution in [-0.4, -0.2) is 21.6 Å². The van der Waals surface area contributed by atoms with Gasteiger partial charge in [-0.1, -0.05) is 32.4 Å². The molecule has 0 saturated heterocycles. The first kappa shape index (κ1) is 17.5. The van der Waals surface area contributed by atoms with Gasteiger partial charge in [0.15, 0.2) is 5.78 Å². The third-order valence-corrected chi connectivity index (χ3v) is 8.80. The molecule has 4 heteroatoms. The van der Waals surface area contributed by atoms with Gasteiger partial charge in [-0.3, -0.25) is 9.59 Å². The number of thiol groups is 1. The Bertz CT molecular complexity index is 710. The molecule has 0 amide bonds. The number of hydrogen-bond donors (Lipinski definition) is 2. The Morgan fingerprint density at radius 3 is 2.68 bits per heavy atom. The summed E-state index contributed by atoms with van der Waals surface area (Å²) in [6, 6.07) is 0. The van der Waals surface area contributed by atoms with Crippen molar-refractivity contribution in [3.05, 3.63) is 23.8 Å². The van der Waals surface area contributed by atoms with E-state index in [1.165, 1.54) is 5.57 Å². The Hall–Kier alpha value is -0.870. The molecule has 1 N–H and O–H groups in total. The van der Waals surface area contributed by atoms with Crippen LogP contribution < -0.4 is 0 Å². The van der Waals surface area contributed by atoms with E-state index in [2.05, 4.69) is 32.6 Å². The standard InChI is InChI=1S/C21H28O3S/c1-12-10-17-15-5-4-13-11-14(22)6-8-19(13,2)16(15)7-9-20(17,3)21(12,24)18(23)25/h6,8,11-12,15-17,24H,4-5,7,9-10H2,1-3H3,(H,23,25)/t12-,15?,16?,17?,19?,20?,21+/m1/s1. The van der Waals surface area contributed by atoms with Crippen LogP contribution in [-0.2, 0) is 9.59 Å². The van der Waals surface area contributed by atoms with Crippen LogP contribution in [0.2, 0.25) is 0 Å². The van der Waals surface area contributed by atoms with Crippen molar-refractivity contribution in [1.82, 2.24) is 0 Å². The number of hydrogen-bond acceptors (Lipinski definition) is 3. The van der Waals surface area contributed by atoms with Gasteiger partial charge >= 0.3 is 0 Å². The Morgan fingerprint density at radius 1 is 1.28 bits per heavy atom. The van der Waals surface area contributed by atoms with E-state index < -0.39 is 11.0 Å². The van der Waals surface area contributed by atoms with Gasteiger partial charge in [0, 0.05) is 10.8 Å². The van der Waals surface area contributed by atoms with Gasteiger partial charge in [-0.15, -0.1) is 12.6 Å². The second-order valence-corrected chi connectivity index (χ2v) is 9.67. The van der Waals surface area contributed by atoms with Crippen molar-refractivity contribution in [2.75, 3.05) is 0 Å². The zero-order valence-corrected chi connectivity index (χ0v) is 16.2. The van der Waals surface area contributed by atoms with E-state index in [0.29, 0.717) is 17.8 Å². The molecule has 0 heterocycles. The minimum Gasteiger partial charge on any atom is -0.380 e. The van der Waals surface area contributed by atoms with Gasteiger partial charge in [-0.25, -0.2) is 0 Å². The lowest BCUT2D eigenvalue weighted by atomic mass is 9.47. The molecular weight excluding hydrogens is 332 g/mol. The number of rotatable bonds is 1. The molecule has 0 aliphatic heterocycles. The van der Waals surface area contributed by atoms with Crippen molar-refractivity contribution in [3.8, 4) is 0 Å². The maximum absolute atomic E-state index is 12.3. The van der Waals surface area contributed by atoms with Crippen LogP contribution >= 0.6 is 12.6 Å². The SMILES string of the molecule is C[C@@H]1CC2C3CCC4=CC(=O)C=CC4(C)C3CCC2(C)[C@@]1(O)C(=O)S. The Morgan fingerprint density at radius 2 is 2.00 bits per heavy atom. The number of carbonyl (C=O) groups is 2. The number of ketones is 1. The summed E-state index contributed by atoms with van der Waals surface area (Å²) in [5.74, 6) is 1.37. The van der Waals surface area contributed by atoms with E-state index in [0.717, 1.165) is 32.1 Å². The highest BCUT2D eigenvalue weighted by Gasteiger charge is 2.68. The lowest BCUT2D eigenvalue weighted by Crippen LogP contribution is -2.57. The fourth-order valence-corrected chi connectivity index (χ4v) is 7.47. The molecule has 0 aromatic rings. The summed E-state index contributed by atoms with van der Waals surface area (Å²) < 4.78 is 0. The van der Waals surface area contributed by atoms with Gasteiger partial charge in [0.25, 0.3) is 0 Å². The molecule has 4 aliphatic carbocycles. The molecule has 25 heavy (non-hydrogen) atoms. The second kappa shape index (κ2) is 5.32. The molecule has 0 aromatic heterocycles. The minimum absolute atomic E-state index is 0.0485. The lowest BCUT2D eigenvalue weighted by molar-refractivity contribution is -0.157. The normalized spacial score (nSPS) is 51.4. The maximum atomic E-state index is 12.3. The first-order valence-corrected chi connectivity index (χ1v) is 9.99. The minimum atomic E-state index is -1.32. The summed E-state index contributed by atoms with van der Waals surface area (Å²) in [5, 5.41) is 11.0. The molecule has 136 valence electrons. The summed E-state index contributed by atoms with van der Waals surface area (Å²) in [5.41, 5.74) is -0.483. The summed E-state index contributed by atoms with van der Waals surface area (Å²) in [7, 11) is 0.